The Morgan fingerprint density at radius 3 is 2.32 bits per heavy atom. The normalized spacial score (nSPS) is 14.1. The number of hydrogen-bond donors (Lipinski definition) is 1. The summed E-state index contributed by atoms with van der Waals surface area (Å²) < 4.78 is 14.3. The van der Waals surface area contributed by atoms with Gasteiger partial charge in [-0.1, -0.05) is 62.9 Å². The maximum Gasteiger partial charge on any atom is 0.125 e. The lowest BCUT2D eigenvalue weighted by Crippen LogP contribution is -2.04. The molecule has 1 saturated carbocycles. The van der Waals surface area contributed by atoms with Crippen molar-refractivity contribution >= 4 is 11.3 Å². The molecule has 31 heavy (non-hydrogen) atoms. The van der Waals surface area contributed by atoms with Crippen molar-refractivity contribution in [1.29, 1.82) is 5.26 Å². The van der Waals surface area contributed by atoms with Crippen molar-refractivity contribution < 1.29 is 4.39 Å². The van der Waals surface area contributed by atoms with Crippen molar-refractivity contribution in [3.63, 3.8) is 0 Å². The third-order valence-corrected chi connectivity index (χ3v) is 5.42. The molecule has 3 rings (SSSR count). The number of nitrogens with zero attached hydrogens (tertiary/aromatic N) is 2. The van der Waals surface area contributed by atoms with E-state index in [-0.39, 0.29) is 0 Å². The fourth-order valence-corrected chi connectivity index (χ4v) is 3.61. The zero-order chi connectivity index (χ0) is 23.4. The van der Waals surface area contributed by atoms with Gasteiger partial charge in [-0.15, -0.1) is 0 Å². The Balaban J connectivity index is 0.000000506. The van der Waals surface area contributed by atoms with Crippen molar-refractivity contribution in [2.75, 3.05) is 12.4 Å². The number of aromatic nitrogens is 1. The van der Waals surface area contributed by atoms with Gasteiger partial charge in [0.05, 0.1) is 18.0 Å². The quantitative estimate of drug-likeness (QED) is 0.531. The van der Waals surface area contributed by atoms with Crippen molar-refractivity contribution in [3.8, 4) is 6.07 Å². The first-order valence-electron chi connectivity index (χ1n) is 11.2. The second-order valence-electron chi connectivity index (χ2n) is 8.12. The summed E-state index contributed by atoms with van der Waals surface area (Å²) in [6, 6.07) is 8.12. The average molecular weight is 424 g/mol. The van der Waals surface area contributed by atoms with E-state index in [1.54, 1.807) is 32.4 Å². The molecule has 168 valence electrons. The number of aryl methyl sites for hydroxylation is 2. The first-order chi connectivity index (χ1) is 14.8. The van der Waals surface area contributed by atoms with Crippen LogP contribution in [-0.2, 0) is 0 Å². The lowest BCUT2D eigenvalue weighted by molar-refractivity contribution is 0.346. The summed E-state index contributed by atoms with van der Waals surface area (Å²) in [6.07, 6.45) is 9.88. The van der Waals surface area contributed by atoms with E-state index in [0.29, 0.717) is 5.56 Å². The van der Waals surface area contributed by atoms with E-state index in [0.717, 1.165) is 34.7 Å². The van der Waals surface area contributed by atoms with Crippen molar-refractivity contribution in [3.05, 3.63) is 64.5 Å². The van der Waals surface area contributed by atoms with Crippen LogP contribution in [0, 0.1) is 31.1 Å². The highest BCUT2D eigenvalue weighted by Gasteiger charge is 2.19. The van der Waals surface area contributed by atoms with Crippen molar-refractivity contribution in [2.45, 2.75) is 73.4 Å². The summed E-state index contributed by atoms with van der Waals surface area (Å²) in [5, 5.41) is 10.4. The average Bonchev–Trinajstić information content (AvgIpc) is 2.71. The summed E-state index contributed by atoms with van der Waals surface area (Å²) in [6.45, 7) is 11.6. The van der Waals surface area contributed by atoms with Gasteiger partial charge in [-0.3, -0.25) is 4.98 Å². The standard InChI is InChI=1S/C20H25FN2.C5H10.C2H3N/c1-6-7-17(16-9-8-13(2)10-14(16)3)18-11-23-12-19(22-5)20(18)15(4)21;1-5-3-2-4-5;1-2-3/h7-12,15,22H,6H2,1-5H3;5H,2-4H2,1H3;1H3/b17-7+;;. The molecular formula is C27H38FN3. The molecule has 0 bridgehead atoms. The highest BCUT2D eigenvalue weighted by Crippen LogP contribution is 2.36. The summed E-state index contributed by atoms with van der Waals surface area (Å²) >= 11 is 0. The van der Waals surface area contributed by atoms with Gasteiger partial charge in [0.1, 0.15) is 6.17 Å². The van der Waals surface area contributed by atoms with Gasteiger partial charge in [-0.2, -0.15) is 5.26 Å². The largest absolute Gasteiger partial charge is 0.387 e. The molecule has 1 aliphatic rings. The molecule has 1 unspecified atom stereocenters. The minimum Gasteiger partial charge on any atom is -0.387 e. The Morgan fingerprint density at radius 1 is 1.29 bits per heavy atom. The van der Waals surface area contributed by atoms with E-state index >= 15 is 0 Å². The van der Waals surface area contributed by atoms with Gasteiger partial charge in [-0.25, -0.2) is 4.39 Å². The molecular weight excluding hydrogens is 385 g/mol. The Hall–Kier alpha value is -2.67. The fourth-order valence-electron chi connectivity index (χ4n) is 3.61. The first kappa shape index (κ1) is 26.4. The zero-order valence-electron chi connectivity index (χ0n) is 20.2. The lowest BCUT2D eigenvalue weighted by Gasteiger charge is -2.19. The van der Waals surface area contributed by atoms with Gasteiger partial charge in [0.25, 0.3) is 0 Å². The maximum absolute atomic E-state index is 14.3. The lowest BCUT2D eigenvalue weighted by atomic mass is 9.88. The molecule has 0 amide bonds. The van der Waals surface area contributed by atoms with Gasteiger partial charge in [-0.05, 0) is 49.8 Å². The molecule has 1 aliphatic carbocycles. The summed E-state index contributed by atoms with van der Waals surface area (Å²) in [4.78, 5) is 4.30. The first-order valence-corrected chi connectivity index (χ1v) is 11.2. The minimum absolute atomic E-state index is 0.669. The summed E-state index contributed by atoms with van der Waals surface area (Å²) in [7, 11) is 1.80. The molecule has 1 aromatic carbocycles. The van der Waals surface area contributed by atoms with Crippen LogP contribution in [0.15, 0.2) is 36.7 Å². The van der Waals surface area contributed by atoms with Gasteiger partial charge in [0, 0.05) is 31.3 Å². The zero-order valence-corrected chi connectivity index (χ0v) is 20.2. The van der Waals surface area contributed by atoms with Gasteiger partial charge in [0.2, 0.25) is 0 Å². The molecule has 0 spiro atoms. The predicted molar refractivity (Wildman–Crippen MR) is 131 cm³/mol. The van der Waals surface area contributed by atoms with E-state index in [9.17, 15) is 4.39 Å². The van der Waals surface area contributed by atoms with Crippen LogP contribution in [0.4, 0.5) is 10.1 Å². The number of nitrogens with one attached hydrogen (secondary N) is 1. The van der Waals surface area contributed by atoms with Crippen LogP contribution < -0.4 is 5.32 Å². The number of halogens is 1. The second-order valence-corrected chi connectivity index (χ2v) is 8.12. The number of alkyl halides is 1. The van der Waals surface area contributed by atoms with Crippen LogP contribution in [0.5, 0.6) is 0 Å². The van der Waals surface area contributed by atoms with E-state index in [1.165, 1.54) is 37.3 Å². The van der Waals surface area contributed by atoms with E-state index in [1.807, 2.05) is 0 Å². The topological polar surface area (TPSA) is 48.7 Å². The van der Waals surface area contributed by atoms with Crippen molar-refractivity contribution in [1.82, 2.24) is 4.98 Å². The highest BCUT2D eigenvalue weighted by atomic mass is 19.1. The molecule has 0 saturated heterocycles. The Kier molecular flexibility index (Phi) is 11.6. The summed E-state index contributed by atoms with van der Waals surface area (Å²) in [5.74, 6) is 1.06. The number of allylic oxidation sites excluding steroid dienone is 1. The highest BCUT2D eigenvalue weighted by molar-refractivity contribution is 5.84. The third-order valence-electron chi connectivity index (χ3n) is 5.42. The van der Waals surface area contributed by atoms with Crippen LogP contribution in [0.25, 0.3) is 5.57 Å². The number of benzene rings is 1. The van der Waals surface area contributed by atoms with E-state index < -0.39 is 6.17 Å². The summed E-state index contributed by atoms with van der Waals surface area (Å²) in [5.41, 5.74) is 6.87. The predicted octanol–water partition coefficient (Wildman–Crippen LogP) is 7.95. The molecule has 1 heterocycles. The monoisotopic (exact) mass is 423 g/mol. The fraction of sp³-hybridized carbons (Fsp3) is 0.481. The van der Waals surface area contributed by atoms with Crippen LogP contribution in [0.3, 0.4) is 0 Å². The van der Waals surface area contributed by atoms with Crippen LogP contribution >= 0.6 is 0 Å². The third kappa shape index (κ3) is 7.83. The smallest absolute Gasteiger partial charge is 0.125 e. The number of hydrogen-bond acceptors (Lipinski definition) is 3. The van der Waals surface area contributed by atoms with Crippen LogP contribution in [0.1, 0.15) is 87.4 Å². The van der Waals surface area contributed by atoms with Gasteiger partial charge < -0.3 is 5.32 Å². The van der Waals surface area contributed by atoms with Gasteiger partial charge >= 0.3 is 0 Å². The van der Waals surface area contributed by atoms with E-state index in [4.69, 9.17) is 5.26 Å². The SMILES string of the molecule is CC#N.CC/C=C(\c1ccc(C)cc1C)c1cncc(NC)c1C(C)F.CC1CCC1. The molecule has 2 aromatic rings. The maximum atomic E-state index is 14.3. The van der Waals surface area contributed by atoms with Crippen molar-refractivity contribution in [2.24, 2.45) is 5.92 Å². The molecule has 0 radical (unpaired) electrons. The number of pyridine rings is 1. The molecule has 3 nitrogen and oxygen atoms in total. The minimum atomic E-state index is -1.07. The molecule has 1 N–H and O–H groups in total. The van der Waals surface area contributed by atoms with Crippen LogP contribution in [0.2, 0.25) is 0 Å². The van der Waals surface area contributed by atoms with E-state index in [2.05, 4.69) is 62.3 Å². The number of anilines is 1. The second kappa shape index (κ2) is 13.6. The Bertz CT molecular complexity index is 890. The Morgan fingerprint density at radius 2 is 1.90 bits per heavy atom. The van der Waals surface area contributed by atoms with Gasteiger partial charge in [0.15, 0.2) is 0 Å². The van der Waals surface area contributed by atoms with Crippen LogP contribution in [-0.4, -0.2) is 12.0 Å². The molecule has 0 aliphatic heterocycles. The molecule has 1 aromatic heterocycles. The number of nitriles is 1. The molecule has 1 fully saturated rings. The molecule has 4 heteroatoms. The molecule has 1 atom stereocenters. The Labute approximate surface area is 188 Å². The number of rotatable bonds is 5.